The maximum Gasteiger partial charge on any atom is 0.244 e. The number of nitrogens with one attached hydrogen (secondary N) is 1. The highest BCUT2D eigenvalue weighted by atomic mass is 32.2. The van der Waals surface area contributed by atoms with Gasteiger partial charge in [0, 0.05) is 19.5 Å². The van der Waals surface area contributed by atoms with Crippen molar-refractivity contribution in [1.82, 2.24) is 10.2 Å². The summed E-state index contributed by atoms with van der Waals surface area (Å²) in [5.41, 5.74) is 1.40. The first-order valence-corrected chi connectivity index (χ1v) is 14.4. The van der Waals surface area contributed by atoms with Crippen LogP contribution in [0, 0.1) is 5.82 Å². The van der Waals surface area contributed by atoms with Crippen molar-refractivity contribution >= 4 is 27.5 Å². The fourth-order valence-electron chi connectivity index (χ4n) is 4.09. The molecule has 0 radical (unpaired) electrons. The topological polar surface area (TPSA) is 86.8 Å². The second-order valence-electron chi connectivity index (χ2n) is 9.08. The molecule has 0 aliphatic carbocycles. The number of sulfonamides is 1. The van der Waals surface area contributed by atoms with Crippen molar-refractivity contribution < 1.29 is 22.4 Å². The average Bonchev–Trinajstić information content (AvgIpc) is 2.90. The molecule has 0 aromatic heterocycles. The van der Waals surface area contributed by atoms with Crippen LogP contribution in [0.4, 0.5) is 10.1 Å². The number of hydrogen-bond donors (Lipinski definition) is 1. The number of para-hydroxylation sites is 1. The number of carbonyl (C=O) groups excluding carboxylic acids is 2. The van der Waals surface area contributed by atoms with Gasteiger partial charge in [0.05, 0.1) is 11.9 Å². The fourth-order valence-corrected chi connectivity index (χ4v) is 4.94. The smallest absolute Gasteiger partial charge is 0.244 e. The maximum absolute atomic E-state index is 14.6. The lowest BCUT2D eigenvalue weighted by Gasteiger charge is -2.33. The molecule has 0 saturated carbocycles. The quantitative estimate of drug-likeness (QED) is 0.331. The second kappa shape index (κ2) is 13.7. The van der Waals surface area contributed by atoms with Gasteiger partial charge in [-0.05, 0) is 29.7 Å². The van der Waals surface area contributed by atoms with Crippen molar-refractivity contribution in [3.05, 3.63) is 102 Å². The van der Waals surface area contributed by atoms with Gasteiger partial charge >= 0.3 is 0 Å². The summed E-state index contributed by atoms with van der Waals surface area (Å²) in [7, 11) is -4.02. The summed E-state index contributed by atoms with van der Waals surface area (Å²) >= 11 is 0. The molecule has 0 aliphatic rings. The molecule has 0 aliphatic heterocycles. The van der Waals surface area contributed by atoms with Gasteiger partial charge < -0.3 is 10.2 Å². The lowest BCUT2D eigenvalue weighted by molar-refractivity contribution is -0.140. The van der Waals surface area contributed by atoms with E-state index in [0.29, 0.717) is 6.54 Å². The Labute approximate surface area is 224 Å². The van der Waals surface area contributed by atoms with Crippen LogP contribution in [0.1, 0.15) is 30.9 Å². The molecule has 0 saturated heterocycles. The molecule has 0 heterocycles. The van der Waals surface area contributed by atoms with Crippen LogP contribution in [0.2, 0.25) is 0 Å². The van der Waals surface area contributed by atoms with E-state index in [2.05, 4.69) is 5.32 Å². The van der Waals surface area contributed by atoms with Crippen molar-refractivity contribution in [2.24, 2.45) is 0 Å². The summed E-state index contributed by atoms with van der Waals surface area (Å²) in [6.07, 6.45) is 2.83. The first-order valence-electron chi connectivity index (χ1n) is 12.6. The highest BCUT2D eigenvalue weighted by Crippen LogP contribution is 2.23. The Hall–Kier alpha value is -3.72. The van der Waals surface area contributed by atoms with E-state index in [9.17, 15) is 22.4 Å². The van der Waals surface area contributed by atoms with Crippen LogP contribution in [0.5, 0.6) is 0 Å². The molecular weight excluding hydrogens is 505 g/mol. The zero-order chi connectivity index (χ0) is 27.5. The molecular formula is C29H34FN3O4S. The van der Waals surface area contributed by atoms with Crippen LogP contribution in [-0.4, -0.2) is 50.5 Å². The Morgan fingerprint density at radius 2 is 1.47 bits per heavy atom. The van der Waals surface area contributed by atoms with Crippen LogP contribution in [0.3, 0.4) is 0 Å². The van der Waals surface area contributed by atoms with Gasteiger partial charge in [0.1, 0.15) is 18.4 Å². The molecule has 2 amide bonds. The summed E-state index contributed by atoms with van der Waals surface area (Å²) in [6, 6.07) is 23.0. The van der Waals surface area contributed by atoms with E-state index in [-0.39, 0.29) is 24.6 Å². The van der Waals surface area contributed by atoms with Gasteiger partial charge in [0.15, 0.2) is 0 Å². The van der Waals surface area contributed by atoms with Crippen molar-refractivity contribution in [3.63, 3.8) is 0 Å². The maximum atomic E-state index is 14.6. The van der Waals surface area contributed by atoms with Gasteiger partial charge in [-0.1, -0.05) is 86.1 Å². The summed E-state index contributed by atoms with van der Waals surface area (Å²) in [5, 5.41) is 2.92. The minimum atomic E-state index is -4.02. The van der Waals surface area contributed by atoms with E-state index in [1.165, 1.54) is 23.1 Å². The standard InChI is InChI=1S/C29H34FN3O4S/c1-3-4-19-31-29(35)27(20-23-13-7-5-8-14-23)32(21-24-15-9-6-10-16-24)28(34)22-33(38(2,36)37)26-18-12-11-17-25(26)30/h5-18,27H,3-4,19-22H2,1-2H3,(H,31,35)/t27-/m1/s1. The zero-order valence-electron chi connectivity index (χ0n) is 21.7. The molecule has 7 nitrogen and oxygen atoms in total. The normalized spacial score (nSPS) is 12.0. The SMILES string of the molecule is CCCCNC(=O)[C@@H](Cc1ccccc1)N(Cc1ccccc1)C(=O)CN(c1ccccc1F)S(C)(=O)=O. The lowest BCUT2D eigenvalue weighted by atomic mass is 10.0. The molecule has 3 aromatic rings. The molecule has 9 heteroatoms. The van der Waals surface area contributed by atoms with E-state index in [4.69, 9.17) is 0 Å². The Kier molecular flexibility index (Phi) is 10.4. The summed E-state index contributed by atoms with van der Waals surface area (Å²) < 4.78 is 40.7. The summed E-state index contributed by atoms with van der Waals surface area (Å²) in [4.78, 5) is 28.7. The highest BCUT2D eigenvalue weighted by Gasteiger charge is 2.33. The predicted molar refractivity (Wildman–Crippen MR) is 147 cm³/mol. The molecule has 3 rings (SSSR count). The fraction of sp³-hybridized carbons (Fsp3) is 0.310. The first kappa shape index (κ1) is 28.8. The van der Waals surface area contributed by atoms with Crippen molar-refractivity contribution in [2.75, 3.05) is 23.7 Å². The molecule has 0 bridgehead atoms. The Morgan fingerprint density at radius 3 is 2.05 bits per heavy atom. The van der Waals surface area contributed by atoms with Gasteiger partial charge in [-0.3, -0.25) is 13.9 Å². The third kappa shape index (κ3) is 8.14. The van der Waals surface area contributed by atoms with Crippen LogP contribution >= 0.6 is 0 Å². The third-order valence-corrected chi connectivity index (χ3v) is 7.22. The summed E-state index contributed by atoms with van der Waals surface area (Å²) in [6.45, 7) is 1.90. The minimum Gasteiger partial charge on any atom is -0.354 e. The number of nitrogens with zero attached hydrogens (tertiary/aromatic N) is 2. The zero-order valence-corrected chi connectivity index (χ0v) is 22.5. The first-order chi connectivity index (χ1) is 18.2. The molecule has 202 valence electrons. The number of amides is 2. The molecule has 1 N–H and O–H groups in total. The second-order valence-corrected chi connectivity index (χ2v) is 11.0. The molecule has 0 fully saturated rings. The van der Waals surface area contributed by atoms with Crippen LogP contribution < -0.4 is 9.62 Å². The number of halogens is 1. The molecule has 1 atom stereocenters. The number of carbonyl (C=O) groups is 2. The molecule has 0 spiro atoms. The lowest BCUT2D eigenvalue weighted by Crippen LogP contribution is -2.53. The molecule has 3 aromatic carbocycles. The van der Waals surface area contributed by atoms with Gasteiger partial charge in [0.2, 0.25) is 21.8 Å². The highest BCUT2D eigenvalue weighted by molar-refractivity contribution is 7.92. The summed E-state index contributed by atoms with van der Waals surface area (Å²) in [5.74, 6) is -1.71. The minimum absolute atomic E-state index is 0.0766. The van der Waals surface area contributed by atoms with Crippen molar-refractivity contribution in [3.8, 4) is 0 Å². The van der Waals surface area contributed by atoms with Gasteiger partial charge in [-0.15, -0.1) is 0 Å². The number of unbranched alkanes of at least 4 members (excludes halogenated alkanes) is 1. The van der Waals surface area contributed by atoms with Gasteiger partial charge in [-0.25, -0.2) is 12.8 Å². The van der Waals surface area contributed by atoms with Crippen LogP contribution in [0.15, 0.2) is 84.9 Å². The van der Waals surface area contributed by atoms with Gasteiger partial charge in [0.25, 0.3) is 0 Å². The van der Waals surface area contributed by atoms with E-state index in [0.717, 1.165) is 40.6 Å². The number of rotatable bonds is 13. The Bertz CT molecular complexity index is 1300. The number of hydrogen-bond acceptors (Lipinski definition) is 4. The molecule has 38 heavy (non-hydrogen) atoms. The number of anilines is 1. The van der Waals surface area contributed by atoms with Gasteiger partial charge in [-0.2, -0.15) is 0 Å². The van der Waals surface area contributed by atoms with Crippen molar-refractivity contribution in [2.45, 2.75) is 38.8 Å². The third-order valence-electron chi connectivity index (χ3n) is 6.10. The van der Waals surface area contributed by atoms with E-state index in [1.54, 1.807) is 0 Å². The van der Waals surface area contributed by atoms with E-state index in [1.807, 2.05) is 67.6 Å². The average molecular weight is 540 g/mol. The van der Waals surface area contributed by atoms with Crippen LogP contribution in [0.25, 0.3) is 0 Å². The Morgan fingerprint density at radius 1 is 0.895 bits per heavy atom. The van der Waals surface area contributed by atoms with Crippen LogP contribution in [-0.2, 0) is 32.6 Å². The number of benzene rings is 3. The van der Waals surface area contributed by atoms with Crippen molar-refractivity contribution in [1.29, 1.82) is 0 Å². The van der Waals surface area contributed by atoms with E-state index < -0.39 is 34.3 Å². The molecule has 0 unspecified atom stereocenters. The Balaban J connectivity index is 2.02. The monoisotopic (exact) mass is 539 g/mol. The predicted octanol–water partition coefficient (Wildman–Crippen LogP) is 4.15. The largest absolute Gasteiger partial charge is 0.354 e. The van der Waals surface area contributed by atoms with E-state index >= 15 is 0 Å².